The summed E-state index contributed by atoms with van der Waals surface area (Å²) in [6.45, 7) is 0. The number of nitrogens with two attached hydrogens (primary N) is 1. The normalized spacial score (nSPS) is 10.7. The smallest absolute Gasteiger partial charge is 0.241 e. The van der Waals surface area contributed by atoms with E-state index in [1.165, 1.54) is 6.08 Å². The number of terminal acetylenes is 1. The van der Waals surface area contributed by atoms with Crippen molar-refractivity contribution in [1.82, 2.24) is 0 Å². The molecule has 2 N–H and O–H groups in total. The van der Waals surface area contributed by atoms with Gasteiger partial charge in [-0.1, -0.05) is 18.2 Å². The molecule has 0 unspecified atom stereocenters. The van der Waals surface area contributed by atoms with E-state index in [0.717, 1.165) is 25.7 Å². The molecular formula is C11H15NO. The van der Waals surface area contributed by atoms with E-state index in [2.05, 4.69) is 5.92 Å². The summed E-state index contributed by atoms with van der Waals surface area (Å²) >= 11 is 0. The van der Waals surface area contributed by atoms with Gasteiger partial charge in [-0.2, -0.15) is 0 Å². The molecule has 70 valence electrons. The molecule has 1 amide bonds. The molecule has 0 heterocycles. The Morgan fingerprint density at radius 3 is 2.77 bits per heavy atom. The van der Waals surface area contributed by atoms with Crippen molar-refractivity contribution in [2.45, 2.75) is 25.7 Å². The monoisotopic (exact) mass is 177 g/mol. The van der Waals surface area contributed by atoms with Crippen molar-refractivity contribution in [2.75, 3.05) is 0 Å². The van der Waals surface area contributed by atoms with Crippen molar-refractivity contribution in [1.29, 1.82) is 0 Å². The van der Waals surface area contributed by atoms with E-state index in [-0.39, 0.29) is 0 Å². The fourth-order valence-corrected chi connectivity index (χ4v) is 0.814. The lowest BCUT2D eigenvalue weighted by atomic mass is 10.2. The van der Waals surface area contributed by atoms with E-state index in [0.29, 0.717) is 0 Å². The van der Waals surface area contributed by atoms with E-state index in [1.54, 1.807) is 6.08 Å². The number of amides is 1. The predicted octanol–water partition coefficient (Wildman–Crippen LogP) is 1.78. The van der Waals surface area contributed by atoms with E-state index < -0.39 is 5.91 Å². The van der Waals surface area contributed by atoms with Crippen LogP contribution in [0.5, 0.6) is 0 Å². The fourth-order valence-electron chi connectivity index (χ4n) is 0.814. The van der Waals surface area contributed by atoms with Crippen LogP contribution >= 0.6 is 0 Å². The number of unbranched alkanes of at least 4 members (excludes halogenated alkanes) is 3. The first-order chi connectivity index (χ1) is 6.27. The number of allylic oxidation sites excluding steroid dienone is 3. The van der Waals surface area contributed by atoms with Gasteiger partial charge in [-0.25, -0.2) is 0 Å². The number of carbonyl (C=O) groups excluding carboxylic acids is 1. The molecule has 13 heavy (non-hydrogen) atoms. The highest BCUT2D eigenvalue weighted by Crippen LogP contribution is 1.99. The summed E-state index contributed by atoms with van der Waals surface area (Å²) in [4.78, 5) is 10.3. The lowest BCUT2D eigenvalue weighted by molar-refractivity contribution is -0.113. The molecule has 0 aromatic rings. The molecular weight excluding hydrogens is 162 g/mol. The molecule has 0 fully saturated rings. The van der Waals surface area contributed by atoms with Crippen LogP contribution in [-0.2, 0) is 4.79 Å². The molecule has 0 aliphatic rings. The SMILES string of the molecule is C#CCCCCC=CC=CC(N)=O. The summed E-state index contributed by atoms with van der Waals surface area (Å²) in [5.41, 5.74) is 4.89. The first-order valence-electron chi connectivity index (χ1n) is 4.33. The van der Waals surface area contributed by atoms with Crippen LogP contribution in [0.15, 0.2) is 24.3 Å². The van der Waals surface area contributed by atoms with Crippen molar-refractivity contribution in [3.8, 4) is 12.3 Å². The highest BCUT2D eigenvalue weighted by molar-refractivity contribution is 5.85. The first kappa shape index (κ1) is 11.5. The van der Waals surface area contributed by atoms with Gasteiger partial charge in [-0.3, -0.25) is 4.79 Å². The van der Waals surface area contributed by atoms with E-state index in [1.807, 2.05) is 12.2 Å². The molecule has 0 spiro atoms. The number of rotatable bonds is 6. The summed E-state index contributed by atoms with van der Waals surface area (Å²) in [5.74, 6) is 2.17. The molecule has 0 aromatic heterocycles. The maximum Gasteiger partial charge on any atom is 0.241 e. The average Bonchev–Trinajstić information content (AvgIpc) is 2.09. The molecule has 0 bridgehead atoms. The van der Waals surface area contributed by atoms with Crippen molar-refractivity contribution < 1.29 is 4.79 Å². The molecule has 0 rings (SSSR count). The number of carbonyl (C=O) groups is 1. The minimum atomic E-state index is -0.419. The molecule has 0 aromatic carbocycles. The Morgan fingerprint density at radius 2 is 2.15 bits per heavy atom. The molecule has 0 saturated carbocycles. The summed E-state index contributed by atoms with van der Waals surface area (Å²) in [7, 11) is 0. The standard InChI is InChI=1S/C11H15NO/c1-2-3-4-5-6-7-8-9-10-11(12)13/h1,7-10H,3-6H2,(H2,12,13). The Labute approximate surface area is 79.5 Å². The molecule has 0 aliphatic carbocycles. The third kappa shape index (κ3) is 10.5. The van der Waals surface area contributed by atoms with Crippen LogP contribution in [0.4, 0.5) is 0 Å². The Balaban J connectivity index is 3.33. The van der Waals surface area contributed by atoms with Gasteiger partial charge in [0.25, 0.3) is 0 Å². The van der Waals surface area contributed by atoms with Gasteiger partial charge in [0.2, 0.25) is 5.91 Å². The van der Waals surface area contributed by atoms with Crippen molar-refractivity contribution in [2.24, 2.45) is 5.73 Å². The van der Waals surface area contributed by atoms with Crippen LogP contribution in [-0.4, -0.2) is 5.91 Å². The van der Waals surface area contributed by atoms with Crippen molar-refractivity contribution >= 4 is 5.91 Å². The molecule has 0 aliphatic heterocycles. The van der Waals surface area contributed by atoms with Gasteiger partial charge in [-0.05, 0) is 19.3 Å². The molecule has 0 radical (unpaired) electrons. The van der Waals surface area contributed by atoms with Gasteiger partial charge in [0.05, 0.1) is 0 Å². The zero-order valence-electron chi connectivity index (χ0n) is 7.70. The Hall–Kier alpha value is -1.49. The van der Waals surface area contributed by atoms with E-state index in [4.69, 9.17) is 12.2 Å². The lowest BCUT2D eigenvalue weighted by Gasteiger charge is -1.89. The minimum Gasteiger partial charge on any atom is -0.366 e. The van der Waals surface area contributed by atoms with Crippen molar-refractivity contribution in [3.05, 3.63) is 24.3 Å². The maximum atomic E-state index is 10.3. The number of primary amides is 1. The van der Waals surface area contributed by atoms with Crippen LogP contribution < -0.4 is 5.73 Å². The van der Waals surface area contributed by atoms with Crippen LogP contribution in [0.3, 0.4) is 0 Å². The molecule has 2 nitrogen and oxygen atoms in total. The van der Waals surface area contributed by atoms with Gasteiger partial charge in [0.15, 0.2) is 0 Å². The van der Waals surface area contributed by atoms with E-state index in [9.17, 15) is 4.79 Å². The second-order valence-electron chi connectivity index (χ2n) is 2.64. The van der Waals surface area contributed by atoms with E-state index >= 15 is 0 Å². The third-order valence-electron chi connectivity index (χ3n) is 1.45. The number of hydrogen-bond acceptors (Lipinski definition) is 1. The lowest BCUT2D eigenvalue weighted by Crippen LogP contribution is -2.04. The zero-order valence-corrected chi connectivity index (χ0v) is 7.70. The summed E-state index contributed by atoms with van der Waals surface area (Å²) in [6.07, 6.45) is 15.9. The summed E-state index contributed by atoms with van der Waals surface area (Å²) < 4.78 is 0. The third-order valence-corrected chi connectivity index (χ3v) is 1.45. The Morgan fingerprint density at radius 1 is 1.38 bits per heavy atom. The maximum absolute atomic E-state index is 10.3. The van der Waals surface area contributed by atoms with Gasteiger partial charge in [0.1, 0.15) is 0 Å². The van der Waals surface area contributed by atoms with Crippen LogP contribution in [0, 0.1) is 12.3 Å². The molecule has 0 saturated heterocycles. The van der Waals surface area contributed by atoms with Crippen LogP contribution in [0.25, 0.3) is 0 Å². The fraction of sp³-hybridized carbons (Fsp3) is 0.364. The van der Waals surface area contributed by atoms with Crippen molar-refractivity contribution in [3.63, 3.8) is 0 Å². The number of hydrogen-bond donors (Lipinski definition) is 1. The second-order valence-corrected chi connectivity index (χ2v) is 2.64. The Bertz CT molecular complexity index is 233. The first-order valence-corrected chi connectivity index (χ1v) is 4.33. The highest BCUT2D eigenvalue weighted by atomic mass is 16.1. The predicted molar refractivity (Wildman–Crippen MR) is 54.8 cm³/mol. The summed E-state index contributed by atoms with van der Waals surface area (Å²) in [6, 6.07) is 0. The quantitative estimate of drug-likeness (QED) is 0.286. The topological polar surface area (TPSA) is 43.1 Å². The molecule has 0 atom stereocenters. The molecule has 2 heteroatoms. The van der Waals surface area contributed by atoms with Gasteiger partial charge < -0.3 is 5.73 Å². The van der Waals surface area contributed by atoms with Crippen LogP contribution in [0.2, 0.25) is 0 Å². The highest BCUT2D eigenvalue weighted by Gasteiger charge is 1.82. The summed E-state index contributed by atoms with van der Waals surface area (Å²) in [5, 5.41) is 0. The average molecular weight is 177 g/mol. The van der Waals surface area contributed by atoms with Gasteiger partial charge in [0, 0.05) is 12.5 Å². The largest absolute Gasteiger partial charge is 0.366 e. The van der Waals surface area contributed by atoms with Gasteiger partial charge in [-0.15, -0.1) is 12.3 Å². The van der Waals surface area contributed by atoms with Gasteiger partial charge >= 0.3 is 0 Å². The van der Waals surface area contributed by atoms with Crippen LogP contribution in [0.1, 0.15) is 25.7 Å². The Kier molecular flexibility index (Phi) is 7.62. The second kappa shape index (κ2) is 8.61. The zero-order chi connectivity index (χ0) is 9.94. The minimum absolute atomic E-state index is 0.419.